The number of fused-ring (bicyclic) bond motifs is 1. The quantitative estimate of drug-likeness (QED) is 0.850. The standard InChI is InChI=1S/C13H19NO2/c1-3-15-10-6-7-13-11(9-10)12(14-2)5-4-8-16-13/h6-7,9,12,14H,3-5,8H2,1-2H3. The summed E-state index contributed by atoms with van der Waals surface area (Å²) in [6.45, 7) is 3.50. The van der Waals surface area contributed by atoms with E-state index >= 15 is 0 Å². The first-order chi connectivity index (χ1) is 7.85. The van der Waals surface area contributed by atoms with Crippen molar-refractivity contribution in [1.82, 2.24) is 5.32 Å². The summed E-state index contributed by atoms with van der Waals surface area (Å²) in [7, 11) is 1.99. The molecule has 0 aliphatic carbocycles. The minimum Gasteiger partial charge on any atom is -0.494 e. The molecule has 0 amide bonds. The third kappa shape index (κ3) is 2.30. The van der Waals surface area contributed by atoms with Crippen LogP contribution in [0.15, 0.2) is 18.2 Å². The molecule has 1 aliphatic rings. The van der Waals surface area contributed by atoms with E-state index in [4.69, 9.17) is 9.47 Å². The zero-order valence-corrected chi connectivity index (χ0v) is 9.95. The minimum absolute atomic E-state index is 0.373. The van der Waals surface area contributed by atoms with E-state index in [9.17, 15) is 0 Å². The van der Waals surface area contributed by atoms with Gasteiger partial charge in [0.1, 0.15) is 11.5 Å². The lowest BCUT2D eigenvalue weighted by Crippen LogP contribution is -2.15. The molecule has 1 atom stereocenters. The maximum atomic E-state index is 5.72. The molecule has 3 nitrogen and oxygen atoms in total. The van der Waals surface area contributed by atoms with E-state index in [0.29, 0.717) is 12.6 Å². The molecule has 0 saturated carbocycles. The Hall–Kier alpha value is -1.22. The van der Waals surface area contributed by atoms with E-state index in [2.05, 4.69) is 11.4 Å². The van der Waals surface area contributed by atoms with Crippen LogP contribution in [-0.4, -0.2) is 20.3 Å². The van der Waals surface area contributed by atoms with Crippen LogP contribution < -0.4 is 14.8 Å². The third-order valence-electron chi connectivity index (χ3n) is 2.91. The van der Waals surface area contributed by atoms with Gasteiger partial charge < -0.3 is 14.8 Å². The average Bonchev–Trinajstić information content (AvgIpc) is 2.51. The first kappa shape index (κ1) is 11.3. The molecule has 16 heavy (non-hydrogen) atoms. The molecule has 88 valence electrons. The Labute approximate surface area is 96.8 Å². The molecule has 2 rings (SSSR count). The number of hydrogen-bond donors (Lipinski definition) is 1. The third-order valence-corrected chi connectivity index (χ3v) is 2.91. The molecule has 1 heterocycles. The molecule has 0 spiro atoms. The highest BCUT2D eigenvalue weighted by Gasteiger charge is 2.18. The number of ether oxygens (including phenoxy) is 2. The van der Waals surface area contributed by atoms with Gasteiger partial charge in [-0.3, -0.25) is 0 Å². The summed E-state index contributed by atoms with van der Waals surface area (Å²) in [6.07, 6.45) is 2.20. The zero-order valence-electron chi connectivity index (χ0n) is 9.95. The second-order valence-corrected chi connectivity index (χ2v) is 3.96. The van der Waals surface area contributed by atoms with E-state index in [1.54, 1.807) is 0 Å². The molecule has 0 bridgehead atoms. The molecule has 1 aromatic rings. The zero-order chi connectivity index (χ0) is 11.4. The Balaban J connectivity index is 2.32. The SMILES string of the molecule is CCOc1ccc2c(c1)C(NC)CCCO2. The second kappa shape index (κ2) is 5.21. The van der Waals surface area contributed by atoms with E-state index in [0.717, 1.165) is 30.9 Å². The number of nitrogens with one attached hydrogen (secondary N) is 1. The van der Waals surface area contributed by atoms with Crippen LogP contribution in [-0.2, 0) is 0 Å². The van der Waals surface area contributed by atoms with Crippen LogP contribution >= 0.6 is 0 Å². The highest BCUT2D eigenvalue weighted by molar-refractivity contribution is 5.42. The molecule has 0 saturated heterocycles. The maximum Gasteiger partial charge on any atom is 0.124 e. The Morgan fingerprint density at radius 2 is 2.38 bits per heavy atom. The molecule has 0 aromatic heterocycles. The van der Waals surface area contributed by atoms with Crippen LogP contribution in [0.4, 0.5) is 0 Å². The van der Waals surface area contributed by atoms with E-state index in [1.807, 2.05) is 26.1 Å². The van der Waals surface area contributed by atoms with Gasteiger partial charge in [-0.25, -0.2) is 0 Å². The van der Waals surface area contributed by atoms with Crippen molar-refractivity contribution in [3.8, 4) is 11.5 Å². The van der Waals surface area contributed by atoms with Crippen LogP contribution in [0.1, 0.15) is 31.4 Å². The van der Waals surface area contributed by atoms with E-state index in [1.165, 1.54) is 5.56 Å². The van der Waals surface area contributed by atoms with Crippen molar-refractivity contribution in [1.29, 1.82) is 0 Å². The molecule has 1 aliphatic heterocycles. The molecular formula is C13H19NO2. The van der Waals surface area contributed by atoms with Crippen molar-refractivity contribution >= 4 is 0 Å². The van der Waals surface area contributed by atoms with E-state index < -0.39 is 0 Å². The minimum atomic E-state index is 0.373. The normalized spacial score (nSPS) is 19.5. The van der Waals surface area contributed by atoms with Crippen molar-refractivity contribution in [2.75, 3.05) is 20.3 Å². The Kier molecular flexibility index (Phi) is 3.67. The average molecular weight is 221 g/mol. The summed E-state index contributed by atoms with van der Waals surface area (Å²) >= 11 is 0. The topological polar surface area (TPSA) is 30.5 Å². The monoisotopic (exact) mass is 221 g/mol. The molecule has 1 N–H and O–H groups in total. The van der Waals surface area contributed by atoms with Crippen molar-refractivity contribution in [2.45, 2.75) is 25.8 Å². The Morgan fingerprint density at radius 3 is 3.12 bits per heavy atom. The van der Waals surface area contributed by atoms with Crippen molar-refractivity contribution in [3.63, 3.8) is 0 Å². The van der Waals surface area contributed by atoms with E-state index in [-0.39, 0.29) is 0 Å². The van der Waals surface area contributed by atoms with Gasteiger partial charge in [0.25, 0.3) is 0 Å². The molecule has 3 heteroatoms. The van der Waals surface area contributed by atoms with Gasteiger partial charge in [0.05, 0.1) is 13.2 Å². The summed E-state index contributed by atoms with van der Waals surface area (Å²) in [5, 5.41) is 3.33. The molecule has 0 fully saturated rings. The highest BCUT2D eigenvalue weighted by atomic mass is 16.5. The lowest BCUT2D eigenvalue weighted by atomic mass is 10.0. The fourth-order valence-electron chi connectivity index (χ4n) is 2.11. The summed E-state index contributed by atoms with van der Waals surface area (Å²) in [5.41, 5.74) is 1.21. The van der Waals surface area contributed by atoms with Gasteiger partial charge in [-0.2, -0.15) is 0 Å². The van der Waals surface area contributed by atoms with Gasteiger partial charge in [-0.1, -0.05) is 0 Å². The van der Waals surface area contributed by atoms with Gasteiger partial charge >= 0.3 is 0 Å². The second-order valence-electron chi connectivity index (χ2n) is 3.96. The van der Waals surface area contributed by atoms with Crippen LogP contribution in [0.3, 0.4) is 0 Å². The number of rotatable bonds is 3. The fraction of sp³-hybridized carbons (Fsp3) is 0.538. The Bertz CT molecular complexity index is 352. The lowest BCUT2D eigenvalue weighted by molar-refractivity contribution is 0.313. The van der Waals surface area contributed by atoms with Crippen LogP contribution in [0, 0.1) is 0 Å². The van der Waals surface area contributed by atoms with Crippen LogP contribution in [0.2, 0.25) is 0 Å². The van der Waals surface area contributed by atoms with Crippen LogP contribution in [0.5, 0.6) is 11.5 Å². The van der Waals surface area contributed by atoms with Gasteiger partial charge in [0, 0.05) is 11.6 Å². The smallest absolute Gasteiger partial charge is 0.124 e. The predicted molar refractivity (Wildman–Crippen MR) is 64.1 cm³/mol. The number of hydrogen-bond acceptors (Lipinski definition) is 3. The highest BCUT2D eigenvalue weighted by Crippen LogP contribution is 2.34. The van der Waals surface area contributed by atoms with Crippen molar-refractivity contribution in [3.05, 3.63) is 23.8 Å². The largest absolute Gasteiger partial charge is 0.494 e. The predicted octanol–water partition coefficient (Wildman–Crippen LogP) is 2.52. The maximum absolute atomic E-state index is 5.72. The van der Waals surface area contributed by atoms with Crippen molar-refractivity contribution in [2.24, 2.45) is 0 Å². The first-order valence-electron chi connectivity index (χ1n) is 5.92. The summed E-state index contributed by atoms with van der Waals surface area (Å²) in [6, 6.07) is 6.44. The van der Waals surface area contributed by atoms with Gasteiger partial charge in [0.2, 0.25) is 0 Å². The molecule has 1 unspecified atom stereocenters. The van der Waals surface area contributed by atoms with Gasteiger partial charge in [-0.15, -0.1) is 0 Å². The van der Waals surface area contributed by atoms with Gasteiger partial charge in [0.15, 0.2) is 0 Å². The molecule has 1 aromatic carbocycles. The number of benzene rings is 1. The first-order valence-corrected chi connectivity index (χ1v) is 5.92. The summed E-state index contributed by atoms with van der Waals surface area (Å²) < 4.78 is 11.2. The lowest BCUT2D eigenvalue weighted by Gasteiger charge is -2.16. The summed E-state index contributed by atoms with van der Waals surface area (Å²) in [4.78, 5) is 0. The van der Waals surface area contributed by atoms with Gasteiger partial charge in [-0.05, 0) is 45.0 Å². The molecule has 0 radical (unpaired) electrons. The molecular weight excluding hydrogens is 202 g/mol. The van der Waals surface area contributed by atoms with Crippen LogP contribution in [0.25, 0.3) is 0 Å². The Morgan fingerprint density at radius 1 is 1.50 bits per heavy atom. The fourth-order valence-corrected chi connectivity index (χ4v) is 2.11. The van der Waals surface area contributed by atoms with Crippen molar-refractivity contribution < 1.29 is 9.47 Å². The summed E-state index contributed by atoms with van der Waals surface area (Å²) in [5.74, 6) is 1.91.